The molecule has 7 nitrogen and oxygen atoms in total. The number of amides is 1. The molecule has 1 aliphatic heterocycles. The Kier molecular flexibility index (Phi) is 6.56. The van der Waals surface area contributed by atoms with Crippen LogP contribution >= 0.6 is 11.6 Å². The average Bonchev–Trinajstić information content (AvgIpc) is 2.67. The smallest absolute Gasteiger partial charge is 0.269 e. The van der Waals surface area contributed by atoms with Crippen LogP contribution in [0.5, 0.6) is 0 Å². The third kappa shape index (κ3) is 5.48. The van der Waals surface area contributed by atoms with Gasteiger partial charge in [-0.3, -0.25) is 24.7 Å². The third-order valence-corrected chi connectivity index (χ3v) is 4.87. The second-order valence-corrected chi connectivity index (χ2v) is 7.06. The monoisotopic (exact) mass is 406 g/mol. The Morgan fingerprint density at radius 1 is 1.11 bits per heavy atom. The minimum atomic E-state index is -0.481. The fourth-order valence-corrected chi connectivity index (χ4v) is 3.27. The number of carbonyl (C=O) groups is 1. The van der Waals surface area contributed by atoms with Gasteiger partial charge in [-0.15, -0.1) is 0 Å². The second kappa shape index (κ2) is 9.09. The molecule has 0 bridgehead atoms. The van der Waals surface area contributed by atoms with Crippen LogP contribution in [0.4, 0.5) is 15.8 Å². The summed E-state index contributed by atoms with van der Waals surface area (Å²) in [6.07, 6.45) is 0. The largest absolute Gasteiger partial charge is 0.325 e. The van der Waals surface area contributed by atoms with Crippen LogP contribution < -0.4 is 5.32 Å². The number of nitro benzene ring substituents is 1. The van der Waals surface area contributed by atoms with E-state index < -0.39 is 10.7 Å². The number of non-ortho nitro benzene ring substituents is 1. The molecule has 0 aromatic heterocycles. The summed E-state index contributed by atoms with van der Waals surface area (Å²) in [5.41, 5.74) is 1.47. The van der Waals surface area contributed by atoms with Gasteiger partial charge in [0.05, 0.1) is 16.5 Å². The highest BCUT2D eigenvalue weighted by atomic mass is 35.5. The first-order valence-corrected chi connectivity index (χ1v) is 9.21. The summed E-state index contributed by atoms with van der Waals surface area (Å²) in [7, 11) is 0. The molecule has 0 radical (unpaired) electrons. The van der Waals surface area contributed by atoms with E-state index in [9.17, 15) is 19.3 Å². The Bertz CT molecular complexity index is 855. The molecule has 1 fully saturated rings. The number of nitrogens with zero attached hydrogens (tertiary/aromatic N) is 3. The molecule has 1 heterocycles. The van der Waals surface area contributed by atoms with Crippen molar-refractivity contribution >= 4 is 28.9 Å². The molecule has 0 aliphatic carbocycles. The van der Waals surface area contributed by atoms with E-state index in [2.05, 4.69) is 15.1 Å². The zero-order valence-electron chi connectivity index (χ0n) is 15.1. The summed E-state index contributed by atoms with van der Waals surface area (Å²) < 4.78 is 13.2. The zero-order chi connectivity index (χ0) is 20.1. The minimum Gasteiger partial charge on any atom is -0.325 e. The lowest BCUT2D eigenvalue weighted by molar-refractivity contribution is -0.384. The lowest BCUT2D eigenvalue weighted by Gasteiger charge is -2.34. The van der Waals surface area contributed by atoms with Crippen LogP contribution in [0.15, 0.2) is 42.5 Å². The SMILES string of the molecule is O=C(CN1CCN(Cc2ccc(F)c(Cl)c2)CC1)Nc1ccc([N+](=O)[O-])cc1. The fraction of sp³-hybridized carbons (Fsp3) is 0.316. The number of rotatable bonds is 6. The van der Waals surface area contributed by atoms with Gasteiger partial charge in [0.1, 0.15) is 5.82 Å². The number of piperazine rings is 1. The molecular formula is C19H20ClFN4O3. The molecule has 1 saturated heterocycles. The molecule has 9 heteroatoms. The molecule has 1 aliphatic rings. The molecule has 2 aromatic carbocycles. The summed E-state index contributed by atoms with van der Waals surface area (Å²) in [6, 6.07) is 10.5. The van der Waals surface area contributed by atoms with Crippen molar-refractivity contribution in [2.75, 3.05) is 38.0 Å². The highest BCUT2D eigenvalue weighted by molar-refractivity contribution is 6.30. The first-order chi connectivity index (χ1) is 13.4. The fourth-order valence-electron chi connectivity index (χ4n) is 3.07. The van der Waals surface area contributed by atoms with Crippen LogP contribution in [0, 0.1) is 15.9 Å². The standard InChI is InChI=1S/C19H20ClFN4O3/c20-17-11-14(1-6-18(17)21)12-23-7-9-24(10-8-23)13-19(26)22-15-2-4-16(5-3-15)25(27)28/h1-6,11H,7-10,12-13H2,(H,22,26). The molecule has 3 rings (SSSR count). The van der Waals surface area contributed by atoms with Crippen LogP contribution in [0.2, 0.25) is 5.02 Å². The molecule has 0 saturated carbocycles. The van der Waals surface area contributed by atoms with E-state index >= 15 is 0 Å². The van der Waals surface area contributed by atoms with Crippen LogP contribution in [0.1, 0.15) is 5.56 Å². The number of hydrogen-bond acceptors (Lipinski definition) is 5. The summed E-state index contributed by atoms with van der Waals surface area (Å²) >= 11 is 5.82. The first kappa shape index (κ1) is 20.2. The summed E-state index contributed by atoms with van der Waals surface area (Å²) in [6.45, 7) is 4.00. The van der Waals surface area contributed by atoms with Crippen LogP contribution in [0.3, 0.4) is 0 Å². The lowest BCUT2D eigenvalue weighted by Crippen LogP contribution is -2.48. The van der Waals surface area contributed by atoms with Gasteiger partial charge >= 0.3 is 0 Å². The van der Waals surface area contributed by atoms with Crippen LogP contribution in [0.25, 0.3) is 0 Å². The minimum absolute atomic E-state index is 0.0171. The van der Waals surface area contributed by atoms with Crippen LogP contribution in [-0.4, -0.2) is 53.4 Å². The maximum atomic E-state index is 13.2. The van der Waals surface area contributed by atoms with E-state index in [0.29, 0.717) is 12.2 Å². The predicted octanol–water partition coefficient (Wildman–Crippen LogP) is 3.14. The summed E-state index contributed by atoms with van der Waals surface area (Å²) in [5.74, 6) is -0.582. The quantitative estimate of drug-likeness (QED) is 0.589. The topological polar surface area (TPSA) is 78.7 Å². The number of hydrogen-bond donors (Lipinski definition) is 1. The van der Waals surface area contributed by atoms with Crippen molar-refractivity contribution in [3.63, 3.8) is 0 Å². The van der Waals surface area contributed by atoms with Crippen molar-refractivity contribution in [3.8, 4) is 0 Å². The van der Waals surface area contributed by atoms with Gasteiger partial charge in [0.15, 0.2) is 0 Å². The van der Waals surface area contributed by atoms with Crippen molar-refractivity contribution < 1.29 is 14.1 Å². The van der Waals surface area contributed by atoms with Gasteiger partial charge in [0.2, 0.25) is 5.91 Å². The van der Waals surface area contributed by atoms with E-state index in [4.69, 9.17) is 11.6 Å². The molecule has 0 unspecified atom stereocenters. The Morgan fingerprint density at radius 3 is 2.36 bits per heavy atom. The maximum Gasteiger partial charge on any atom is 0.269 e. The van der Waals surface area contributed by atoms with Gasteiger partial charge in [-0.1, -0.05) is 17.7 Å². The molecule has 148 valence electrons. The zero-order valence-corrected chi connectivity index (χ0v) is 15.9. The van der Waals surface area contributed by atoms with E-state index in [1.807, 2.05) is 0 Å². The summed E-state index contributed by atoms with van der Waals surface area (Å²) in [5, 5.41) is 13.5. The second-order valence-electron chi connectivity index (χ2n) is 6.65. The van der Waals surface area contributed by atoms with Gasteiger partial charge in [-0.05, 0) is 29.8 Å². The van der Waals surface area contributed by atoms with Gasteiger partial charge in [-0.2, -0.15) is 0 Å². The average molecular weight is 407 g/mol. The molecule has 1 N–H and O–H groups in total. The van der Waals surface area contributed by atoms with Gasteiger partial charge in [0.25, 0.3) is 5.69 Å². The third-order valence-electron chi connectivity index (χ3n) is 4.58. The van der Waals surface area contributed by atoms with Gasteiger partial charge in [0, 0.05) is 50.5 Å². The van der Waals surface area contributed by atoms with E-state index in [1.54, 1.807) is 12.1 Å². The number of nitro groups is 1. The van der Waals surface area contributed by atoms with E-state index in [-0.39, 0.29) is 23.2 Å². The molecular weight excluding hydrogens is 387 g/mol. The molecule has 1 amide bonds. The number of anilines is 1. The van der Waals surface area contributed by atoms with Crippen molar-refractivity contribution in [1.82, 2.24) is 9.80 Å². The number of nitrogens with one attached hydrogen (secondary N) is 1. The van der Waals surface area contributed by atoms with Crippen molar-refractivity contribution in [2.24, 2.45) is 0 Å². The summed E-state index contributed by atoms with van der Waals surface area (Å²) in [4.78, 5) is 26.6. The van der Waals surface area contributed by atoms with E-state index in [0.717, 1.165) is 31.7 Å². The number of carbonyl (C=O) groups excluding carboxylic acids is 1. The predicted molar refractivity (Wildman–Crippen MR) is 105 cm³/mol. The Morgan fingerprint density at radius 2 is 1.75 bits per heavy atom. The molecule has 0 spiro atoms. The normalized spacial score (nSPS) is 15.4. The lowest BCUT2D eigenvalue weighted by atomic mass is 10.2. The number of benzene rings is 2. The van der Waals surface area contributed by atoms with Gasteiger partial charge in [-0.25, -0.2) is 4.39 Å². The van der Waals surface area contributed by atoms with Crippen LogP contribution in [-0.2, 0) is 11.3 Å². The van der Waals surface area contributed by atoms with Crippen molar-refractivity contribution in [2.45, 2.75) is 6.54 Å². The maximum absolute atomic E-state index is 13.2. The van der Waals surface area contributed by atoms with Crippen molar-refractivity contribution in [3.05, 3.63) is 69.0 Å². The molecule has 28 heavy (non-hydrogen) atoms. The highest BCUT2D eigenvalue weighted by Crippen LogP contribution is 2.18. The Balaban J connectivity index is 1.43. The van der Waals surface area contributed by atoms with E-state index in [1.165, 1.54) is 30.3 Å². The van der Waals surface area contributed by atoms with Crippen molar-refractivity contribution in [1.29, 1.82) is 0 Å². The van der Waals surface area contributed by atoms with Gasteiger partial charge < -0.3 is 5.32 Å². The molecule has 2 aromatic rings. The number of halogens is 2. The molecule has 0 atom stereocenters. The Labute approximate surface area is 166 Å². The highest BCUT2D eigenvalue weighted by Gasteiger charge is 2.19. The first-order valence-electron chi connectivity index (χ1n) is 8.83. The Hall–Kier alpha value is -2.55.